The summed E-state index contributed by atoms with van der Waals surface area (Å²) < 4.78 is 30.1. The topological polar surface area (TPSA) is 79.9 Å². The van der Waals surface area contributed by atoms with E-state index in [1.54, 1.807) is 13.3 Å². The Morgan fingerprint density at radius 3 is 2.96 bits per heavy atom. The van der Waals surface area contributed by atoms with Crippen LogP contribution in [-0.4, -0.2) is 28.2 Å². The van der Waals surface area contributed by atoms with Gasteiger partial charge in [0.1, 0.15) is 5.75 Å². The highest BCUT2D eigenvalue weighted by atomic mass is 32.1. The fraction of sp³-hybridized carbons (Fsp3) is 0.214. The van der Waals surface area contributed by atoms with Crippen molar-refractivity contribution in [2.75, 3.05) is 12.4 Å². The third kappa shape index (κ3) is 3.29. The minimum Gasteiger partial charge on any atom is -0.497 e. The van der Waals surface area contributed by atoms with E-state index in [1.807, 2.05) is 18.2 Å². The van der Waals surface area contributed by atoms with Gasteiger partial charge in [-0.3, -0.25) is 4.79 Å². The van der Waals surface area contributed by atoms with Crippen molar-refractivity contribution in [3.8, 4) is 5.75 Å². The number of alkyl halides is 2. The van der Waals surface area contributed by atoms with Crippen molar-refractivity contribution < 1.29 is 18.3 Å². The quantitative estimate of drug-likeness (QED) is 0.749. The highest BCUT2D eigenvalue weighted by molar-refractivity contribution is 7.15. The number of H-pyrrole nitrogens is 1. The molecule has 3 rings (SSSR count). The Bertz CT molecular complexity index is 846. The van der Waals surface area contributed by atoms with E-state index >= 15 is 0 Å². The maximum Gasteiger partial charge on any atom is 0.291 e. The van der Waals surface area contributed by atoms with Crippen LogP contribution in [0.2, 0.25) is 0 Å². The molecule has 1 aromatic carbocycles. The summed E-state index contributed by atoms with van der Waals surface area (Å²) in [6.45, 7) is 0. The standard InChI is InChI=1S/C14H12F2N4O2S/c1-22-8-2-3-10-9(5-8)7(6-17-10)4-11(21)18-14-20-19-13(23-14)12(15)16/h2-3,5-6,12,17H,4H2,1H3,(H,18,20,21). The molecular weight excluding hydrogens is 326 g/mol. The minimum atomic E-state index is -2.70. The Labute approximate surface area is 133 Å². The van der Waals surface area contributed by atoms with Crippen LogP contribution >= 0.6 is 11.3 Å². The summed E-state index contributed by atoms with van der Waals surface area (Å²) in [6, 6.07) is 5.50. The first-order valence-corrected chi connectivity index (χ1v) is 7.44. The molecule has 0 bridgehead atoms. The summed E-state index contributed by atoms with van der Waals surface area (Å²) >= 11 is 0.660. The van der Waals surface area contributed by atoms with Crippen LogP contribution in [0.25, 0.3) is 10.9 Å². The second kappa shape index (κ2) is 6.29. The van der Waals surface area contributed by atoms with Crippen LogP contribution in [0, 0.1) is 0 Å². The number of hydrogen-bond acceptors (Lipinski definition) is 5. The number of rotatable bonds is 5. The lowest BCUT2D eigenvalue weighted by Gasteiger charge is -2.02. The summed E-state index contributed by atoms with van der Waals surface area (Å²) in [4.78, 5) is 15.1. The van der Waals surface area contributed by atoms with Gasteiger partial charge in [-0.2, -0.15) is 0 Å². The lowest BCUT2D eigenvalue weighted by atomic mass is 10.1. The second-order valence-corrected chi connectivity index (χ2v) is 5.71. The molecule has 0 spiro atoms. The molecule has 0 atom stereocenters. The van der Waals surface area contributed by atoms with Crippen molar-refractivity contribution in [2.24, 2.45) is 0 Å². The normalized spacial score (nSPS) is 11.1. The van der Waals surface area contributed by atoms with E-state index in [0.717, 1.165) is 16.5 Å². The predicted octanol–water partition coefficient (Wildman–Crippen LogP) is 3.15. The van der Waals surface area contributed by atoms with E-state index in [-0.39, 0.29) is 17.5 Å². The number of nitrogens with zero attached hydrogens (tertiary/aromatic N) is 2. The maximum atomic E-state index is 12.4. The van der Waals surface area contributed by atoms with E-state index in [0.29, 0.717) is 17.1 Å². The summed E-state index contributed by atoms with van der Waals surface area (Å²) in [5.74, 6) is 0.329. The van der Waals surface area contributed by atoms with Gasteiger partial charge in [0, 0.05) is 17.1 Å². The van der Waals surface area contributed by atoms with Crippen LogP contribution in [0.4, 0.5) is 13.9 Å². The van der Waals surface area contributed by atoms with Crippen molar-refractivity contribution in [3.63, 3.8) is 0 Å². The largest absolute Gasteiger partial charge is 0.497 e. The number of aromatic amines is 1. The number of carbonyl (C=O) groups is 1. The molecule has 6 nitrogen and oxygen atoms in total. The van der Waals surface area contributed by atoms with Gasteiger partial charge in [-0.05, 0) is 23.8 Å². The molecule has 0 radical (unpaired) electrons. The van der Waals surface area contributed by atoms with Crippen LogP contribution in [0.1, 0.15) is 17.0 Å². The first kappa shape index (κ1) is 15.3. The fourth-order valence-electron chi connectivity index (χ4n) is 2.14. The van der Waals surface area contributed by atoms with Crippen molar-refractivity contribution in [1.82, 2.24) is 15.2 Å². The molecule has 0 unspecified atom stereocenters. The van der Waals surface area contributed by atoms with Crippen LogP contribution in [0.15, 0.2) is 24.4 Å². The van der Waals surface area contributed by atoms with Gasteiger partial charge in [0.2, 0.25) is 11.0 Å². The number of halogens is 2. The Hall–Kier alpha value is -2.55. The lowest BCUT2D eigenvalue weighted by molar-refractivity contribution is -0.115. The van der Waals surface area contributed by atoms with Crippen molar-refractivity contribution in [1.29, 1.82) is 0 Å². The van der Waals surface area contributed by atoms with Gasteiger partial charge in [-0.25, -0.2) is 8.78 Å². The monoisotopic (exact) mass is 338 g/mol. The Kier molecular flexibility index (Phi) is 4.20. The van der Waals surface area contributed by atoms with E-state index in [1.165, 1.54) is 0 Å². The van der Waals surface area contributed by atoms with Gasteiger partial charge in [0.05, 0.1) is 13.5 Å². The molecule has 1 amide bonds. The first-order chi connectivity index (χ1) is 11.1. The van der Waals surface area contributed by atoms with E-state index < -0.39 is 11.4 Å². The van der Waals surface area contributed by atoms with Crippen LogP contribution < -0.4 is 10.1 Å². The van der Waals surface area contributed by atoms with Gasteiger partial charge in [0.15, 0.2) is 5.01 Å². The number of anilines is 1. The highest BCUT2D eigenvalue weighted by Gasteiger charge is 2.16. The number of fused-ring (bicyclic) bond motifs is 1. The number of benzene rings is 1. The third-order valence-electron chi connectivity index (χ3n) is 3.20. The molecule has 0 fully saturated rings. The Balaban J connectivity index is 1.74. The van der Waals surface area contributed by atoms with Crippen LogP contribution in [-0.2, 0) is 11.2 Å². The number of hydrogen-bond donors (Lipinski definition) is 2. The Morgan fingerprint density at radius 1 is 1.43 bits per heavy atom. The van der Waals surface area contributed by atoms with Crippen molar-refractivity contribution in [2.45, 2.75) is 12.8 Å². The number of ether oxygens (including phenoxy) is 1. The molecule has 9 heteroatoms. The molecule has 0 aliphatic carbocycles. The SMILES string of the molecule is COc1ccc2[nH]cc(CC(=O)Nc3nnc(C(F)F)s3)c2c1. The first-order valence-electron chi connectivity index (χ1n) is 6.62. The van der Waals surface area contributed by atoms with E-state index in [9.17, 15) is 13.6 Å². The van der Waals surface area contributed by atoms with Crippen molar-refractivity contribution in [3.05, 3.63) is 35.0 Å². The number of carbonyl (C=O) groups excluding carboxylic acids is 1. The van der Waals surface area contributed by atoms with Crippen molar-refractivity contribution >= 4 is 33.3 Å². The number of nitrogens with one attached hydrogen (secondary N) is 2. The molecule has 120 valence electrons. The van der Waals surface area contributed by atoms with Gasteiger partial charge in [-0.1, -0.05) is 11.3 Å². The maximum absolute atomic E-state index is 12.4. The second-order valence-electron chi connectivity index (χ2n) is 4.70. The smallest absolute Gasteiger partial charge is 0.291 e. The molecule has 23 heavy (non-hydrogen) atoms. The average molecular weight is 338 g/mol. The zero-order valence-corrected chi connectivity index (χ0v) is 12.8. The number of amides is 1. The molecule has 0 saturated carbocycles. The zero-order valence-electron chi connectivity index (χ0n) is 12.0. The van der Waals surface area contributed by atoms with Gasteiger partial charge >= 0.3 is 0 Å². The molecule has 0 saturated heterocycles. The molecule has 2 N–H and O–H groups in total. The lowest BCUT2D eigenvalue weighted by Crippen LogP contribution is -2.14. The minimum absolute atomic E-state index is 0.0581. The molecule has 3 aromatic rings. The molecule has 0 aliphatic heterocycles. The summed E-state index contributed by atoms with van der Waals surface area (Å²) in [5, 5.41) is 9.83. The van der Waals surface area contributed by atoms with Gasteiger partial charge in [-0.15, -0.1) is 10.2 Å². The van der Waals surface area contributed by atoms with Crippen LogP contribution in [0.3, 0.4) is 0 Å². The third-order valence-corrected chi connectivity index (χ3v) is 4.05. The van der Waals surface area contributed by atoms with E-state index in [2.05, 4.69) is 20.5 Å². The summed E-state index contributed by atoms with van der Waals surface area (Å²) in [7, 11) is 1.57. The Morgan fingerprint density at radius 2 is 2.26 bits per heavy atom. The number of methoxy groups -OCH3 is 1. The molecule has 0 aliphatic rings. The highest BCUT2D eigenvalue weighted by Crippen LogP contribution is 2.26. The van der Waals surface area contributed by atoms with Crippen LogP contribution in [0.5, 0.6) is 5.75 Å². The number of aromatic nitrogens is 3. The summed E-state index contributed by atoms with van der Waals surface area (Å²) in [6.07, 6.45) is -0.885. The molecular formula is C14H12F2N4O2S. The van der Waals surface area contributed by atoms with E-state index in [4.69, 9.17) is 4.74 Å². The fourth-order valence-corrected chi connectivity index (χ4v) is 2.76. The molecule has 2 aromatic heterocycles. The van der Waals surface area contributed by atoms with Gasteiger partial charge in [0.25, 0.3) is 6.43 Å². The van der Waals surface area contributed by atoms with Gasteiger partial charge < -0.3 is 15.0 Å². The zero-order chi connectivity index (χ0) is 16.4. The molecule has 2 heterocycles. The summed E-state index contributed by atoms with van der Waals surface area (Å²) in [5.41, 5.74) is 1.65. The predicted molar refractivity (Wildman–Crippen MR) is 82.1 cm³/mol. The average Bonchev–Trinajstić information content (AvgIpc) is 3.14.